The molecule has 0 aliphatic carbocycles. The summed E-state index contributed by atoms with van der Waals surface area (Å²) in [6, 6.07) is 0. The number of hydrogen-bond donors (Lipinski definition) is 0. The summed E-state index contributed by atoms with van der Waals surface area (Å²) >= 11 is 0. The zero-order chi connectivity index (χ0) is 42.2. The summed E-state index contributed by atoms with van der Waals surface area (Å²) < 4.78 is 63.2. The minimum Gasteiger partial charge on any atom is -0.748 e. The first-order valence-corrected chi connectivity index (χ1v) is 25.6. The van der Waals surface area contributed by atoms with Crippen LogP contribution in [0.4, 0.5) is 0 Å². The van der Waals surface area contributed by atoms with Crippen molar-refractivity contribution in [3.05, 3.63) is 24.3 Å². The summed E-state index contributed by atoms with van der Waals surface area (Å²) in [6.07, 6.45) is 43.6. The van der Waals surface area contributed by atoms with E-state index in [1.807, 2.05) is 12.2 Å². The topological polar surface area (TPSA) is 155 Å². The Morgan fingerprint density at radius 2 is 0.649 bits per heavy atom. The molecule has 0 radical (unpaired) electrons. The van der Waals surface area contributed by atoms with E-state index in [0.717, 1.165) is 25.7 Å². The molecule has 0 saturated heterocycles. The number of rotatable bonds is 38. The Morgan fingerprint density at radius 1 is 0.421 bits per heavy atom. The molecule has 0 aliphatic rings. The van der Waals surface area contributed by atoms with Gasteiger partial charge in [0.15, 0.2) is 0 Å². The van der Waals surface area contributed by atoms with Crippen molar-refractivity contribution in [2.45, 2.75) is 206 Å². The predicted octanol–water partition coefficient (Wildman–Crippen LogP) is 10.5. The molecule has 0 saturated carbocycles. The van der Waals surface area contributed by atoms with Crippen molar-refractivity contribution >= 4 is 69.8 Å². The zero-order valence-electron chi connectivity index (χ0n) is 37.0. The van der Waals surface area contributed by atoms with Crippen molar-refractivity contribution in [3.8, 4) is 0 Å². The third-order valence-corrected chi connectivity index (χ3v) is 11.6. The maximum absolute atomic E-state index is 11.8. The predicted molar refractivity (Wildman–Crippen MR) is 238 cm³/mol. The van der Waals surface area contributed by atoms with E-state index < -0.39 is 31.7 Å². The minimum atomic E-state index is -4.20. The number of unbranched alkanes of at least 4 members (excludes halogenated alkanes) is 26. The quantitative estimate of drug-likeness (QED) is 0.0257. The van der Waals surface area contributed by atoms with Gasteiger partial charge in [0.2, 0.25) is 11.8 Å². The average molecular weight is 873 g/mol. The molecule has 0 fully saturated rings. The zero-order valence-corrected chi connectivity index (χ0v) is 40.9. The van der Waals surface area contributed by atoms with Gasteiger partial charge >= 0.3 is 37.7 Å². The van der Waals surface area contributed by atoms with E-state index in [-0.39, 0.29) is 75.5 Å². The standard InChI is InChI=1S/2C22H43NO4S.Ca/c2*1-3-4-5-6-7-8-9-10-11-12-13-14-15-16-17-19-22(24)23(2)20-18-21-28(25,26)27;/h2*17,19H,3-16,18,20-21H2,1-2H3,(H,25,26,27);/q;;+2/p-2/b2*19-17+;. The van der Waals surface area contributed by atoms with Gasteiger partial charge in [-0.05, 0) is 50.7 Å². The van der Waals surface area contributed by atoms with Crippen LogP contribution in [0.3, 0.4) is 0 Å². The molecule has 10 nitrogen and oxygen atoms in total. The maximum atomic E-state index is 11.8. The molecule has 0 aromatic heterocycles. The smallest absolute Gasteiger partial charge is 0.748 e. The van der Waals surface area contributed by atoms with Crippen LogP contribution in [0.5, 0.6) is 0 Å². The van der Waals surface area contributed by atoms with Crippen LogP contribution in [0.2, 0.25) is 0 Å². The van der Waals surface area contributed by atoms with Crippen molar-refractivity contribution in [2.75, 3.05) is 38.7 Å². The van der Waals surface area contributed by atoms with Gasteiger partial charge in [-0.3, -0.25) is 9.59 Å². The monoisotopic (exact) mass is 873 g/mol. The van der Waals surface area contributed by atoms with Gasteiger partial charge in [0.05, 0.1) is 20.2 Å². The van der Waals surface area contributed by atoms with Gasteiger partial charge in [0.1, 0.15) is 0 Å². The molecule has 0 aromatic rings. The summed E-state index contributed by atoms with van der Waals surface area (Å²) in [5.41, 5.74) is 0. The van der Waals surface area contributed by atoms with E-state index in [1.165, 1.54) is 164 Å². The van der Waals surface area contributed by atoms with Crippen LogP contribution in [-0.2, 0) is 29.8 Å². The third kappa shape index (κ3) is 51.6. The average Bonchev–Trinajstić information content (AvgIpc) is 3.13. The number of carbonyl (C=O) groups excluding carboxylic acids is 2. The number of hydrogen-bond acceptors (Lipinski definition) is 8. The minimum absolute atomic E-state index is 0. The van der Waals surface area contributed by atoms with E-state index in [4.69, 9.17) is 0 Å². The number of nitrogens with zero attached hydrogens (tertiary/aromatic N) is 2. The Bertz CT molecular complexity index is 1100. The van der Waals surface area contributed by atoms with Crippen molar-refractivity contribution in [2.24, 2.45) is 0 Å². The molecule has 0 heterocycles. The van der Waals surface area contributed by atoms with Crippen LogP contribution in [0.25, 0.3) is 0 Å². The fourth-order valence-corrected chi connectivity index (χ4v) is 7.33. The van der Waals surface area contributed by atoms with Crippen molar-refractivity contribution in [1.29, 1.82) is 0 Å². The molecule has 332 valence electrons. The third-order valence-electron chi connectivity index (χ3n) is 10.00. The van der Waals surface area contributed by atoms with Crippen LogP contribution >= 0.6 is 0 Å². The largest absolute Gasteiger partial charge is 2.00 e. The van der Waals surface area contributed by atoms with Gasteiger partial charge in [-0.2, -0.15) is 0 Å². The van der Waals surface area contributed by atoms with E-state index >= 15 is 0 Å². The van der Waals surface area contributed by atoms with Crippen LogP contribution in [0, 0.1) is 0 Å². The first kappa shape index (κ1) is 60.8. The van der Waals surface area contributed by atoms with Crippen LogP contribution < -0.4 is 0 Å². The molecule has 0 aromatic carbocycles. The number of carbonyl (C=O) groups is 2. The molecule has 0 spiro atoms. The summed E-state index contributed by atoms with van der Waals surface area (Å²) in [5.74, 6) is -1.13. The first-order valence-electron chi connectivity index (χ1n) is 22.4. The Balaban J connectivity index is -0.00000101. The second-order valence-electron chi connectivity index (χ2n) is 15.6. The van der Waals surface area contributed by atoms with Gasteiger partial charge in [0, 0.05) is 38.7 Å². The Labute approximate surface area is 381 Å². The normalized spacial score (nSPS) is 11.8. The summed E-state index contributed by atoms with van der Waals surface area (Å²) in [6.45, 7) is 5.08. The van der Waals surface area contributed by atoms with Crippen LogP contribution in [0.15, 0.2) is 24.3 Å². The van der Waals surface area contributed by atoms with Gasteiger partial charge in [-0.1, -0.05) is 180 Å². The Morgan fingerprint density at radius 3 is 0.877 bits per heavy atom. The van der Waals surface area contributed by atoms with Crippen molar-refractivity contribution in [3.63, 3.8) is 0 Å². The van der Waals surface area contributed by atoms with E-state index in [2.05, 4.69) is 13.8 Å². The molecular formula is C44H84CaN2O8S2. The molecule has 0 N–H and O–H groups in total. The first-order chi connectivity index (χ1) is 26.7. The van der Waals surface area contributed by atoms with Crippen molar-refractivity contribution < 1.29 is 35.5 Å². The fourth-order valence-electron chi connectivity index (χ4n) is 6.36. The molecule has 0 unspecified atom stereocenters. The van der Waals surface area contributed by atoms with E-state index in [0.29, 0.717) is 0 Å². The molecule has 2 amide bonds. The molecular weight excluding hydrogens is 789 g/mol. The van der Waals surface area contributed by atoms with Crippen LogP contribution in [0.1, 0.15) is 206 Å². The number of amides is 2. The molecule has 0 aliphatic heterocycles. The molecule has 0 atom stereocenters. The Hall–Kier alpha value is -0.500. The SMILES string of the molecule is CCCCCCCCCCCCCCC/C=C/C(=O)N(C)CCCS(=O)(=O)[O-].CCCCCCCCCCCCCCC/C=C/C(=O)N(C)CCCS(=O)(=O)[O-].[Ca+2]. The molecule has 0 rings (SSSR count). The maximum Gasteiger partial charge on any atom is 2.00 e. The summed E-state index contributed by atoms with van der Waals surface area (Å²) in [4.78, 5) is 26.6. The molecule has 57 heavy (non-hydrogen) atoms. The number of likely N-dealkylation sites (N-methyl/N-ethyl adjacent to an activating group) is 2. The van der Waals surface area contributed by atoms with Gasteiger partial charge in [-0.15, -0.1) is 0 Å². The van der Waals surface area contributed by atoms with E-state index in [1.54, 1.807) is 26.2 Å². The molecule has 0 bridgehead atoms. The van der Waals surface area contributed by atoms with Gasteiger partial charge in [0.25, 0.3) is 0 Å². The van der Waals surface area contributed by atoms with E-state index in [9.17, 15) is 35.5 Å². The second kappa shape index (κ2) is 43.6. The fraction of sp³-hybridized carbons (Fsp3) is 0.864. The Kier molecular flexibility index (Phi) is 46.5. The van der Waals surface area contributed by atoms with Gasteiger partial charge in [-0.25, -0.2) is 16.8 Å². The second-order valence-corrected chi connectivity index (χ2v) is 18.7. The van der Waals surface area contributed by atoms with Crippen LogP contribution in [-0.4, -0.2) is 124 Å². The van der Waals surface area contributed by atoms with Crippen molar-refractivity contribution in [1.82, 2.24) is 9.80 Å². The molecule has 13 heteroatoms. The number of allylic oxidation sites excluding steroid dienone is 2. The summed E-state index contributed by atoms with van der Waals surface area (Å²) in [7, 11) is -5.15. The van der Waals surface area contributed by atoms with Gasteiger partial charge < -0.3 is 18.9 Å². The summed E-state index contributed by atoms with van der Waals surface area (Å²) in [5, 5.41) is 0.